The molecule has 0 unspecified atom stereocenters. The van der Waals surface area contributed by atoms with E-state index in [0.717, 1.165) is 27.0 Å². The maximum Gasteiger partial charge on any atom is 0.119 e. The molecular formula is C16H14BrNO. The molecule has 1 heterocycles. The van der Waals surface area contributed by atoms with Crippen LogP contribution in [0.2, 0.25) is 0 Å². The van der Waals surface area contributed by atoms with Crippen LogP contribution in [-0.2, 0) is 0 Å². The number of nitrogens with one attached hydrogen (secondary N) is 1. The van der Waals surface area contributed by atoms with E-state index in [1.807, 2.05) is 18.2 Å². The van der Waals surface area contributed by atoms with Gasteiger partial charge >= 0.3 is 0 Å². The van der Waals surface area contributed by atoms with Gasteiger partial charge < -0.3 is 9.72 Å². The maximum absolute atomic E-state index is 5.27. The van der Waals surface area contributed by atoms with Gasteiger partial charge in [-0.3, -0.25) is 0 Å². The highest BCUT2D eigenvalue weighted by Gasteiger charge is 2.07. The first-order valence-corrected chi connectivity index (χ1v) is 6.90. The minimum Gasteiger partial charge on any atom is -0.497 e. The van der Waals surface area contributed by atoms with Gasteiger partial charge in [-0.15, -0.1) is 0 Å². The zero-order valence-electron chi connectivity index (χ0n) is 10.8. The van der Waals surface area contributed by atoms with E-state index in [1.165, 1.54) is 10.9 Å². The summed E-state index contributed by atoms with van der Waals surface area (Å²) in [7, 11) is 1.68. The normalized spacial score (nSPS) is 10.9. The number of aryl methyl sites for hydroxylation is 1. The van der Waals surface area contributed by atoms with Crippen molar-refractivity contribution in [1.29, 1.82) is 0 Å². The highest BCUT2D eigenvalue weighted by Crippen LogP contribution is 2.31. The molecule has 0 saturated carbocycles. The number of aromatic amines is 1. The van der Waals surface area contributed by atoms with Crippen molar-refractivity contribution in [3.63, 3.8) is 0 Å². The lowest BCUT2D eigenvalue weighted by Gasteiger charge is -2.02. The first kappa shape index (κ1) is 12.3. The van der Waals surface area contributed by atoms with Crippen LogP contribution in [0.25, 0.3) is 22.2 Å². The number of fused-ring (bicyclic) bond motifs is 1. The van der Waals surface area contributed by atoms with Gasteiger partial charge in [-0.05, 0) is 58.7 Å². The SMILES string of the molecule is COc1cccc(-c2cc3cc(C)cc(Br)c3[nH]2)c1. The molecule has 96 valence electrons. The summed E-state index contributed by atoms with van der Waals surface area (Å²) in [6.45, 7) is 2.10. The molecule has 2 aromatic carbocycles. The van der Waals surface area contributed by atoms with Crippen molar-refractivity contribution in [1.82, 2.24) is 4.98 Å². The van der Waals surface area contributed by atoms with E-state index in [-0.39, 0.29) is 0 Å². The first-order chi connectivity index (χ1) is 9.17. The Bertz CT molecular complexity index is 746. The van der Waals surface area contributed by atoms with Gasteiger partial charge in [0.05, 0.1) is 12.6 Å². The van der Waals surface area contributed by atoms with Crippen molar-refractivity contribution in [3.8, 4) is 17.0 Å². The fraction of sp³-hybridized carbons (Fsp3) is 0.125. The van der Waals surface area contributed by atoms with Crippen LogP contribution in [0.15, 0.2) is 46.9 Å². The van der Waals surface area contributed by atoms with Gasteiger partial charge in [0, 0.05) is 21.1 Å². The molecule has 3 rings (SSSR count). The van der Waals surface area contributed by atoms with Crippen molar-refractivity contribution in [3.05, 3.63) is 52.5 Å². The van der Waals surface area contributed by atoms with E-state index in [1.54, 1.807) is 7.11 Å². The number of H-pyrrole nitrogens is 1. The van der Waals surface area contributed by atoms with Crippen LogP contribution < -0.4 is 4.74 Å². The monoisotopic (exact) mass is 315 g/mol. The van der Waals surface area contributed by atoms with E-state index in [2.05, 4.69) is 52.1 Å². The fourth-order valence-corrected chi connectivity index (χ4v) is 2.98. The predicted octanol–water partition coefficient (Wildman–Crippen LogP) is 4.91. The number of rotatable bonds is 2. The van der Waals surface area contributed by atoms with Crippen LogP contribution in [0.3, 0.4) is 0 Å². The summed E-state index contributed by atoms with van der Waals surface area (Å²) in [6.07, 6.45) is 0. The Morgan fingerprint density at radius 2 is 1.95 bits per heavy atom. The molecule has 0 aliphatic carbocycles. The highest BCUT2D eigenvalue weighted by molar-refractivity contribution is 9.10. The number of hydrogen-bond donors (Lipinski definition) is 1. The molecule has 0 spiro atoms. The van der Waals surface area contributed by atoms with Crippen LogP contribution in [0.5, 0.6) is 5.75 Å². The molecule has 19 heavy (non-hydrogen) atoms. The van der Waals surface area contributed by atoms with Crippen LogP contribution in [0, 0.1) is 6.92 Å². The summed E-state index contributed by atoms with van der Waals surface area (Å²) >= 11 is 3.61. The molecule has 3 aromatic rings. The Labute approximate surface area is 120 Å². The van der Waals surface area contributed by atoms with Gasteiger partial charge in [0.15, 0.2) is 0 Å². The fourth-order valence-electron chi connectivity index (χ4n) is 2.29. The molecule has 0 saturated heterocycles. The molecule has 0 aliphatic heterocycles. The van der Waals surface area contributed by atoms with Crippen molar-refractivity contribution in [2.24, 2.45) is 0 Å². The second kappa shape index (κ2) is 4.74. The number of benzene rings is 2. The summed E-state index contributed by atoms with van der Waals surface area (Å²) in [5.41, 5.74) is 4.60. The molecule has 2 nitrogen and oxygen atoms in total. The summed E-state index contributed by atoms with van der Waals surface area (Å²) in [4.78, 5) is 3.46. The topological polar surface area (TPSA) is 25.0 Å². The largest absolute Gasteiger partial charge is 0.497 e. The van der Waals surface area contributed by atoms with E-state index in [4.69, 9.17) is 4.74 Å². The minimum absolute atomic E-state index is 0.867. The Morgan fingerprint density at radius 3 is 2.74 bits per heavy atom. The Balaban J connectivity index is 2.17. The van der Waals surface area contributed by atoms with E-state index in [0.29, 0.717) is 0 Å². The molecule has 0 fully saturated rings. The number of aromatic nitrogens is 1. The predicted molar refractivity (Wildman–Crippen MR) is 82.7 cm³/mol. The van der Waals surface area contributed by atoms with Crippen LogP contribution in [0.4, 0.5) is 0 Å². The van der Waals surface area contributed by atoms with Crippen LogP contribution >= 0.6 is 15.9 Å². The van der Waals surface area contributed by atoms with Crippen LogP contribution in [0.1, 0.15) is 5.56 Å². The number of methoxy groups -OCH3 is 1. The molecule has 0 amide bonds. The van der Waals surface area contributed by atoms with Gasteiger partial charge in [0.2, 0.25) is 0 Å². The third-order valence-electron chi connectivity index (χ3n) is 3.21. The summed E-state index contributed by atoms with van der Waals surface area (Å²) in [5.74, 6) is 0.867. The van der Waals surface area contributed by atoms with Crippen molar-refractivity contribution < 1.29 is 4.74 Å². The van der Waals surface area contributed by atoms with Gasteiger partial charge in [0.25, 0.3) is 0 Å². The molecule has 3 heteroatoms. The smallest absolute Gasteiger partial charge is 0.119 e. The quantitative estimate of drug-likeness (QED) is 0.713. The second-order valence-electron chi connectivity index (χ2n) is 4.63. The third kappa shape index (κ3) is 2.26. The second-order valence-corrected chi connectivity index (χ2v) is 5.48. The van der Waals surface area contributed by atoms with Gasteiger partial charge in [-0.25, -0.2) is 0 Å². The van der Waals surface area contributed by atoms with E-state index in [9.17, 15) is 0 Å². The molecule has 1 aromatic heterocycles. The molecular weight excluding hydrogens is 302 g/mol. The lowest BCUT2D eigenvalue weighted by atomic mass is 10.1. The lowest BCUT2D eigenvalue weighted by molar-refractivity contribution is 0.415. The molecule has 0 atom stereocenters. The van der Waals surface area contributed by atoms with Crippen molar-refractivity contribution in [2.75, 3.05) is 7.11 Å². The van der Waals surface area contributed by atoms with Gasteiger partial charge in [-0.1, -0.05) is 12.1 Å². The zero-order valence-corrected chi connectivity index (χ0v) is 12.4. The molecule has 0 aliphatic rings. The summed E-state index contributed by atoms with van der Waals surface area (Å²) in [5, 5.41) is 1.21. The summed E-state index contributed by atoms with van der Waals surface area (Å²) < 4.78 is 6.36. The minimum atomic E-state index is 0.867. The zero-order chi connectivity index (χ0) is 13.4. The molecule has 0 bridgehead atoms. The average Bonchev–Trinajstić information content (AvgIpc) is 2.83. The number of halogens is 1. The Kier molecular flexibility index (Phi) is 3.07. The maximum atomic E-state index is 5.27. The highest BCUT2D eigenvalue weighted by atomic mass is 79.9. The van der Waals surface area contributed by atoms with E-state index < -0.39 is 0 Å². The Hall–Kier alpha value is -1.74. The average molecular weight is 316 g/mol. The van der Waals surface area contributed by atoms with Gasteiger partial charge in [0.1, 0.15) is 5.75 Å². The van der Waals surface area contributed by atoms with Crippen molar-refractivity contribution >= 4 is 26.8 Å². The molecule has 0 radical (unpaired) electrons. The van der Waals surface area contributed by atoms with E-state index >= 15 is 0 Å². The Morgan fingerprint density at radius 1 is 1.11 bits per heavy atom. The molecule has 1 N–H and O–H groups in total. The third-order valence-corrected chi connectivity index (χ3v) is 3.83. The lowest BCUT2D eigenvalue weighted by Crippen LogP contribution is -1.83. The first-order valence-electron chi connectivity index (χ1n) is 6.10. The van der Waals surface area contributed by atoms with Crippen LogP contribution in [-0.4, -0.2) is 12.1 Å². The van der Waals surface area contributed by atoms with Crippen molar-refractivity contribution in [2.45, 2.75) is 6.92 Å². The van der Waals surface area contributed by atoms with Gasteiger partial charge in [-0.2, -0.15) is 0 Å². The number of ether oxygens (including phenoxy) is 1. The standard InChI is InChI=1S/C16H14BrNO/c1-10-6-12-9-15(18-16(12)14(17)7-10)11-4-3-5-13(8-11)19-2/h3-9,18H,1-2H3. The summed E-state index contributed by atoms with van der Waals surface area (Å²) in [6, 6.07) is 14.5. The number of hydrogen-bond acceptors (Lipinski definition) is 1.